The Kier molecular flexibility index (Phi) is 5.05. The predicted molar refractivity (Wildman–Crippen MR) is 107 cm³/mol. The zero-order chi connectivity index (χ0) is 19.3. The van der Waals surface area contributed by atoms with Crippen LogP contribution in [0.15, 0.2) is 67.0 Å². The fourth-order valence-corrected chi connectivity index (χ4v) is 3.18. The first kappa shape index (κ1) is 17.8. The smallest absolute Gasteiger partial charge is 0.319 e. The molecule has 1 fully saturated rings. The average Bonchev–Trinajstić information content (AvgIpc) is 3.37. The van der Waals surface area contributed by atoms with Crippen molar-refractivity contribution >= 4 is 23.3 Å². The Bertz CT molecular complexity index is 966. The lowest BCUT2D eigenvalue weighted by Gasteiger charge is -2.16. The second kappa shape index (κ2) is 7.96. The molecule has 3 amide bonds. The van der Waals surface area contributed by atoms with E-state index in [1.54, 1.807) is 27.9 Å². The standard InChI is InChI=1S/C21H21N5O2/c27-20-7-4-12-25(20)18-10-8-17(9-11-18)24-21(28)22-13-16-14-23-26(15-16)19-5-2-1-3-6-19/h1-3,5-6,8-11,14-15H,4,7,12-13H2,(H2,22,24,28). The largest absolute Gasteiger partial charge is 0.334 e. The summed E-state index contributed by atoms with van der Waals surface area (Å²) in [4.78, 5) is 25.7. The summed E-state index contributed by atoms with van der Waals surface area (Å²) < 4.78 is 1.77. The van der Waals surface area contributed by atoms with Crippen molar-refractivity contribution in [3.63, 3.8) is 0 Å². The predicted octanol–water partition coefficient (Wildman–Crippen LogP) is 3.32. The highest BCUT2D eigenvalue weighted by Gasteiger charge is 2.21. The summed E-state index contributed by atoms with van der Waals surface area (Å²) in [5.41, 5.74) is 3.41. The number of benzene rings is 2. The van der Waals surface area contributed by atoms with Crippen LogP contribution in [0, 0.1) is 0 Å². The van der Waals surface area contributed by atoms with Crippen LogP contribution in [0.4, 0.5) is 16.2 Å². The number of hydrogen-bond donors (Lipinski definition) is 2. The van der Waals surface area contributed by atoms with Crippen molar-refractivity contribution in [3.05, 3.63) is 72.6 Å². The van der Waals surface area contributed by atoms with Crippen molar-refractivity contribution in [2.24, 2.45) is 0 Å². The molecule has 0 spiro atoms. The number of carbonyl (C=O) groups is 2. The summed E-state index contributed by atoms with van der Waals surface area (Å²) in [6.07, 6.45) is 5.11. The quantitative estimate of drug-likeness (QED) is 0.718. The van der Waals surface area contributed by atoms with Crippen molar-refractivity contribution in [1.29, 1.82) is 0 Å². The van der Waals surface area contributed by atoms with Crippen LogP contribution in [0.2, 0.25) is 0 Å². The number of carbonyl (C=O) groups excluding carboxylic acids is 2. The Morgan fingerprint density at radius 1 is 1.04 bits per heavy atom. The topological polar surface area (TPSA) is 79.3 Å². The summed E-state index contributed by atoms with van der Waals surface area (Å²) in [7, 11) is 0. The number of rotatable bonds is 5. The van der Waals surface area contributed by atoms with Crippen molar-refractivity contribution in [2.45, 2.75) is 19.4 Å². The molecule has 142 valence electrons. The van der Waals surface area contributed by atoms with Gasteiger partial charge in [0.2, 0.25) is 5.91 Å². The van der Waals surface area contributed by atoms with Gasteiger partial charge < -0.3 is 15.5 Å². The van der Waals surface area contributed by atoms with Crippen molar-refractivity contribution in [2.75, 3.05) is 16.8 Å². The highest BCUT2D eigenvalue weighted by atomic mass is 16.2. The van der Waals surface area contributed by atoms with Crippen LogP contribution in [0.3, 0.4) is 0 Å². The van der Waals surface area contributed by atoms with Crippen molar-refractivity contribution in [3.8, 4) is 5.69 Å². The molecule has 0 atom stereocenters. The molecule has 2 N–H and O–H groups in total. The molecule has 2 heterocycles. The number of aromatic nitrogens is 2. The second-order valence-electron chi connectivity index (χ2n) is 6.63. The van der Waals surface area contributed by atoms with E-state index < -0.39 is 0 Å². The minimum atomic E-state index is -0.294. The molecule has 0 bridgehead atoms. The summed E-state index contributed by atoms with van der Waals surface area (Å²) >= 11 is 0. The number of urea groups is 1. The van der Waals surface area contributed by atoms with E-state index >= 15 is 0 Å². The molecule has 28 heavy (non-hydrogen) atoms. The number of nitrogens with one attached hydrogen (secondary N) is 2. The van der Waals surface area contributed by atoms with Crippen LogP contribution < -0.4 is 15.5 Å². The Hall–Kier alpha value is -3.61. The van der Waals surface area contributed by atoms with E-state index in [2.05, 4.69) is 15.7 Å². The lowest BCUT2D eigenvalue weighted by Crippen LogP contribution is -2.28. The molecule has 3 aromatic rings. The number of amides is 3. The molecule has 7 nitrogen and oxygen atoms in total. The first-order valence-corrected chi connectivity index (χ1v) is 9.23. The van der Waals surface area contributed by atoms with Crippen LogP contribution in [0.1, 0.15) is 18.4 Å². The number of anilines is 2. The maximum Gasteiger partial charge on any atom is 0.319 e. The molecule has 4 rings (SSSR count). The molecule has 0 saturated carbocycles. The minimum absolute atomic E-state index is 0.148. The van der Waals surface area contributed by atoms with Gasteiger partial charge in [0.25, 0.3) is 0 Å². The van der Waals surface area contributed by atoms with Crippen LogP contribution in [0.25, 0.3) is 5.69 Å². The summed E-state index contributed by atoms with van der Waals surface area (Å²) in [6.45, 7) is 1.13. The number of para-hydroxylation sites is 1. The zero-order valence-corrected chi connectivity index (χ0v) is 15.3. The van der Waals surface area contributed by atoms with E-state index in [0.717, 1.165) is 29.9 Å². The van der Waals surface area contributed by atoms with Crippen molar-refractivity contribution < 1.29 is 9.59 Å². The highest BCUT2D eigenvalue weighted by Crippen LogP contribution is 2.23. The van der Waals surface area contributed by atoms with Gasteiger partial charge in [-0.2, -0.15) is 5.10 Å². The average molecular weight is 375 g/mol. The Morgan fingerprint density at radius 2 is 1.82 bits per heavy atom. The normalized spacial score (nSPS) is 13.6. The van der Waals surface area contributed by atoms with Crippen LogP contribution >= 0.6 is 0 Å². The van der Waals surface area contributed by atoms with Gasteiger partial charge in [-0.15, -0.1) is 0 Å². The zero-order valence-electron chi connectivity index (χ0n) is 15.3. The van der Waals surface area contributed by atoms with Gasteiger partial charge in [0, 0.05) is 42.6 Å². The third-order valence-electron chi connectivity index (χ3n) is 4.62. The summed E-state index contributed by atoms with van der Waals surface area (Å²) in [5.74, 6) is 0.148. The third-order valence-corrected chi connectivity index (χ3v) is 4.62. The van der Waals surface area contributed by atoms with Gasteiger partial charge in [0.1, 0.15) is 0 Å². The highest BCUT2D eigenvalue weighted by molar-refractivity contribution is 5.96. The van der Waals surface area contributed by atoms with Gasteiger partial charge in [-0.05, 0) is 42.8 Å². The van der Waals surface area contributed by atoms with Gasteiger partial charge in [0.05, 0.1) is 11.9 Å². The monoisotopic (exact) mass is 375 g/mol. The molecule has 7 heteroatoms. The lowest BCUT2D eigenvalue weighted by molar-refractivity contribution is -0.117. The van der Waals surface area contributed by atoms with Crippen LogP contribution in [0.5, 0.6) is 0 Å². The fraction of sp³-hybridized carbons (Fsp3) is 0.190. The molecule has 2 aromatic carbocycles. The Labute approximate surface area is 163 Å². The molecule has 0 radical (unpaired) electrons. The molecular weight excluding hydrogens is 354 g/mol. The Morgan fingerprint density at radius 3 is 2.54 bits per heavy atom. The maximum atomic E-state index is 12.1. The molecule has 0 aliphatic carbocycles. The summed E-state index contributed by atoms with van der Waals surface area (Å²) in [5, 5.41) is 9.93. The van der Waals surface area contributed by atoms with E-state index in [-0.39, 0.29) is 11.9 Å². The Balaban J connectivity index is 1.30. The molecule has 1 saturated heterocycles. The first-order valence-electron chi connectivity index (χ1n) is 9.23. The fourth-order valence-electron chi connectivity index (χ4n) is 3.18. The molecule has 1 aromatic heterocycles. The third kappa shape index (κ3) is 4.03. The molecule has 1 aliphatic rings. The number of nitrogens with zero attached hydrogens (tertiary/aromatic N) is 3. The van der Waals surface area contributed by atoms with Crippen LogP contribution in [-0.2, 0) is 11.3 Å². The van der Waals surface area contributed by atoms with E-state index in [0.29, 0.717) is 18.7 Å². The van der Waals surface area contributed by atoms with Gasteiger partial charge in [-0.1, -0.05) is 18.2 Å². The van der Waals surface area contributed by atoms with E-state index in [1.807, 2.05) is 48.7 Å². The van der Waals surface area contributed by atoms with Gasteiger partial charge in [-0.25, -0.2) is 9.48 Å². The van der Waals surface area contributed by atoms with Gasteiger partial charge in [0.15, 0.2) is 0 Å². The van der Waals surface area contributed by atoms with Crippen LogP contribution in [-0.4, -0.2) is 28.3 Å². The first-order chi connectivity index (χ1) is 13.7. The molecule has 0 unspecified atom stereocenters. The molecule has 1 aliphatic heterocycles. The lowest BCUT2D eigenvalue weighted by atomic mass is 10.2. The summed E-state index contributed by atoms with van der Waals surface area (Å²) in [6, 6.07) is 16.8. The van der Waals surface area contributed by atoms with Crippen molar-refractivity contribution in [1.82, 2.24) is 15.1 Å². The van der Waals surface area contributed by atoms with Gasteiger partial charge in [-0.3, -0.25) is 4.79 Å². The van der Waals surface area contributed by atoms with Gasteiger partial charge >= 0.3 is 6.03 Å². The SMILES string of the molecule is O=C(NCc1cnn(-c2ccccc2)c1)Nc1ccc(N2CCCC2=O)cc1. The second-order valence-corrected chi connectivity index (χ2v) is 6.63. The number of hydrogen-bond acceptors (Lipinski definition) is 3. The van der Waals surface area contributed by atoms with E-state index in [1.165, 1.54) is 0 Å². The van der Waals surface area contributed by atoms with E-state index in [4.69, 9.17) is 0 Å². The van der Waals surface area contributed by atoms with E-state index in [9.17, 15) is 9.59 Å². The molecular formula is C21H21N5O2. The minimum Gasteiger partial charge on any atom is -0.334 e. The maximum absolute atomic E-state index is 12.1.